The van der Waals surface area contributed by atoms with Gasteiger partial charge in [-0.3, -0.25) is 4.79 Å². The highest BCUT2D eigenvalue weighted by Gasteiger charge is 2.07. The number of aryl methyl sites for hydroxylation is 2. The van der Waals surface area contributed by atoms with Gasteiger partial charge in [0.25, 0.3) is 0 Å². The van der Waals surface area contributed by atoms with Crippen LogP contribution in [-0.4, -0.2) is 29.1 Å². The number of amides is 1. The molecule has 0 bridgehead atoms. The van der Waals surface area contributed by atoms with Crippen molar-refractivity contribution in [2.45, 2.75) is 13.8 Å². The standard InChI is InChI=1S/C12H16BrNO2S/c1-8-5-10(13)11(6-9(8)2)14-12(16)7-17-4-3-15/h5-6,15H,3-4,7H2,1-2H3,(H,14,16). The van der Waals surface area contributed by atoms with E-state index in [4.69, 9.17) is 5.11 Å². The van der Waals surface area contributed by atoms with Crippen LogP contribution in [0.5, 0.6) is 0 Å². The predicted octanol–water partition coefficient (Wildman–Crippen LogP) is 2.73. The summed E-state index contributed by atoms with van der Waals surface area (Å²) in [5, 5.41) is 11.5. The maximum Gasteiger partial charge on any atom is 0.234 e. The van der Waals surface area contributed by atoms with Crippen molar-refractivity contribution in [3.05, 3.63) is 27.7 Å². The SMILES string of the molecule is Cc1cc(Br)c(NC(=O)CSCCO)cc1C. The van der Waals surface area contributed by atoms with E-state index >= 15 is 0 Å². The molecule has 1 amide bonds. The summed E-state index contributed by atoms with van der Waals surface area (Å²) < 4.78 is 0.890. The van der Waals surface area contributed by atoms with Crippen LogP contribution in [0, 0.1) is 13.8 Å². The molecule has 0 saturated carbocycles. The van der Waals surface area contributed by atoms with Gasteiger partial charge in [-0.15, -0.1) is 11.8 Å². The van der Waals surface area contributed by atoms with Crippen molar-refractivity contribution >= 4 is 39.3 Å². The maximum absolute atomic E-state index is 11.6. The lowest BCUT2D eigenvalue weighted by Gasteiger charge is -2.10. The Hall–Kier alpha value is -0.520. The molecule has 0 spiro atoms. The Kier molecular flexibility index (Phi) is 6.02. The first kappa shape index (κ1) is 14.5. The molecule has 0 fully saturated rings. The molecule has 5 heteroatoms. The number of aliphatic hydroxyl groups is 1. The van der Waals surface area contributed by atoms with Crippen molar-refractivity contribution in [1.29, 1.82) is 0 Å². The Morgan fingerprint density at radius 3 is 2.71 bits per heavy atom. The number of hydrogen-bond acceptors (Lipinski definition) is 3. The number of rotatable bonds is 5. The maximum atomic E-state index is 11.6. The van der Waals surface area contributed by atoms with Gasteiger partial charge in [0.05, 0.1) is 18.0 Å². The van der Waals surface area contributed by atoms with Crippen molar-refractivity contribution in [3.63, 3.8) is 0 Å². The summed E-state index contributed by atoms with van der Waals surface area (Å²) in [6.45, 7) is 4.14. The molecule has 0 heterocycles. The number of carbonyl (C=O) groups excluding carboxylic acids is 1. The molecule has 0 unspecified atom stereocenters. The van der Waals surface area contributed by atoms with E-state index in [-0.39, 0.29) is 12.5 Å². The van der Waals surface area contributed by atoms with Crippen LogP contribution < -0.4 is 5.32 Å². The largest absolute Gasteiger partial charge is 0.396 e. The van der Waals surface area contributed by atoms with E-state index < -0.39 is 0 Å². The minimum Gasteiger partial charge on any atom is -0.396 e. The molecule has 0 aromatic heterocycles. The van der Waals surface area contributed by atoms with E-state index in [0.717, 1.165) is 15.7 Å². The summed E-state index contributed by atoms with van der Waals surface area (Å²) in [6.07, 6.45) is 0. The Labute approximate surface area is 114 Å². The van der Waals surface area contributed by atoms with Gasteiger partial charge < -0.3 is 10.4 Å². The second-order valence-electron chi connectivity index (χ2n) is 3.74. The number of hydrogen-bond donors (Lipinski definition) is 2. The first-order valence-corrected chi connectivity index (χ1v) is 7.24. The number of anilines is 1. The lowest BCUT2D eigenvalue weighted by molar-refractivity contribution is -0.113. The zero-order chi connectivity index (χ0) is 12.8. The molecule has 2 N–H and O–H groups in total. The van der Waals surface area contributed by atoms with E-state index in [0.29, 0.717) is 11.5 Å². The molecule has 17 heavy (non-hydrogen) atoms. The summed E-state index contributed by atoms with van der Waals surface area (Å²) in [5.41, 5.74) is 3.12. The summed E-state index contributed by atoms with van der Waals surface area (Å²) in [6, 6.07) is 3.94. The normalized spacial score (nSPS) is 10.4. The first-order valence-electron chi connectivity index (χ1n) is 5.29. The van der Waals surface area contributed by atoms with Crippen LogP contribution in [0.2, 0.25) is 0 Å². The van der Waals surface area contributed by atoms with Crippen LogP contribution in [-0.2, 0) is 4.79 Å². The van der Waals surface area contributed by atoms with E-state index in [1.165, 1.54) is 17.3 Å². The van der Waals surface area contributed by atoms with E-state index in [2.05, 4.69) is 21.2 Å². The molecule has 94 valence electrons. The zero-order valence-electron chi connectivity index (χ0n) is 9.92. The smallest absolute Gasteiger partial charge is 0.234 e. The second kappa shape index (κ2) is 7.03. The van der Waals surface area contributed by atoms with Crippen LogP contribution >= 0.6 is 27.7 Å². The van der Waals surface area contributed by atoms with Crippen molar-refractivity contribution < 1.29 is 9.90 Å². The molecular weight excluding hydrogens is 302 g/mol. The highest BCUT2D eigenvalue weighted by Crippen LogP contribution is 2.26. The van der Waals surface area contributed by atoms with Gasteiger partial charge in [-0.1, -0.05) is 0 Å². The van der Waals surface area contributed by atoms with E-state index in [9.17, 15) is 4.79 Å². The van der Waals surface area contributed by atoms with Gasteiger partial charge in [-0.2, -0.15) is 0 Å². The van der Waals surface area contributed by atoms with E-state index in [1.807, 2.05) is 26.0 Å². The van der Waals surface area contributed by atoms with Gasteiger partial charge >= 0.3 is 0 Å². The quantitative estimate of drug-likeness (QED) is 0.821. The highest BCUT2D eigenvalue weighted by molar-refractivity contribution is 9.10. The van der Waals surface area contributed by atoms with Gasteiger partial charge in [0.2, 0.25) is 5.91 Å². The molecule has 0 aliphatic heterocycles. The average molecular weight is 318 g/mol. The third-order valence-electron chi connectivity index (χ3n) is 2.33. The molecule has 1 aromatic rings. The Morgan fingerprint density at radius 1 is 1.41 bits per heavy atom. The molecule has 3 nitrogen and oxygen atoms in total. The lowest BCUT2D eigenvalue weighted by atomic mass is 10.1. The number of benzene rings is 1. The molecule has 1 rings (SSSR count). The van der Waals surface area contributed by atoms with Crippen molar-refractivity contribution in [1.82, 2.24) is 0 Å². The number of thioether (sulfide) groups is 1. The van der Waals surface area contributed by atoms with Crippen LogP contribution in [0.1, 0.15) is 11.1 Å². The van der Waals surface area contributed by atoms with Crippen LogP contribution in [0.4, 0.5) is 5.69 Å². The summed E-state index contributed by atoms with van der Waals surface area (Å²) >= 11 is 4.85. The van der Waals surface area contributed by atoms with Crippen LogP contribution in [0.3, 0.4) is 0 Å². The Bertz CT molecular complexity index is 410. The van der Waals surface area contributed by atoms with Crippen molar-refractivity contribution in [2.24, 2.45) is 0 Å². The fraction of sp³-hybridized carbons (Fsp3) is 0.417. The molecule has 0 saturated heterocycles. The molecular formula is C12H16BrNO2S. The topological polar surface area (TPSA) is 49.3 Å². The summed E-state index contributed by atoms with van der Waals surface area (Å²) in [5.74, 6) is 0.897. The molecule has 0 atom stereocenters. The number of nitrogens with one attached hydrogen (secondary N) is 1. The fourth-order valence-corrected chi connectivity index (χ4v) is 2.38. The van der Waals surface area contributed by atoms with Gasteiger partial charge in [-0.05, 0) is 53.0 Å². The summed E-state index contributed by atoms with van der Waals surface area (Å²) in [7, 11) is 0. The number of carbonyl (C=O) groups is 1. The van der Waals surface area contributed by atoms with Gasteiger partial charge in [0.1, 0.15) is 0 Å². The Morgan fingerprint density at radius 2 is 2.06 bits per heavy atom. The van der Waals surface area contributed by atoms with Gasteiger partial charge in [0, 0.05) is 10.2 Å². The van der Waals surface area contributed by atoms with Crippen LogP contribution in [0.15, 0.2) is 16.6 Å². The predicted molar refractivity (Wildman–Crippen MR) is 76.7 cm³/mol. The third-order valence-corrected chi connectivity index (χ3v) is 3.92. The fourth-order valence-electron chi connectivity index (χ4n) is 1.29. The minimum atomic E-state index is -0.0487. The van der Waals surface area contributed by atoms with Crippen molar-refractivity contribution in [3.8, 4) is 0 Å². The minimum absolute atomic E-state index is 0.0487. The highest BCUT2D eigenvalue weighted by atomic mass is 79.9. The van der Waals surface area contributed by atoms with Crippen molar-refractivity contribution in [2.75, 3.05) is 23.4 Å². The van der Waals surface area contributed by atoms with E-state index in [1.54, 1.807) is 0 Å². The average Bonchev–Trinajstić information content (AvgIpc) is 2.26. The van der Waals surface area contributed by atoms with Crippen LogP contribution in [0.25, 0.3) is 0 Å². The number of aliphatic hydroxyl groups excluding tert-OH is 1. The molecule has 0 radical (unpaired) electrons. The van der Waals surface area contributed by atoms with Gasteiger partial charge in [0.15, 0.2) is 0 Å². The Balaban J connectivity index is 2.62. The zero-order valence-corrected chi connectivity index (χ0v) is 12.3. The van der Waals surface area contributed by atoms with Gasteiger partial charge in [-0.25, -0.2) is 0 Å². The summed E-state index contributed by atoms with van der Waals surface area (Å²) in [4.78, 5) is 11.6. The first-order chi connectivity index (χ1) is 8.04. The second-order valence-corrected chi connectivity index (χ2v) is 5.70. The third kappa shape index (κ3) is 4.69. The lowest BCUT2D eigenvalue weighted by Crippen LogP contribution is -2.15. The number of halogens is 1. The molecule has 0 aliphatic rings. The molecule has 0 aliphatic carbocycles. The molecule has 1 aromatic carbocycles. The monoisotopic (exact) mass is 317 g/mol.